The third-order valence-electron chi connectivity index (χ3n) is 7.18. The summed E-state index contributed by atoms with van der Waals surface area (Å²) in [5.41, 5.74) is 4.39. The number of phenolic OH excluding ortho intramolecular Hbond substituents is 1. The first kappa shape index (κ1) is 26.0. The van der Waals surface area contributed by atoms with Crippen LogP contribution in [0.5, 0.6) is 17.2 Å². The van der Waals surface area contributed by atoms with Gasteiger partial charge in [-0.1, -0.05) is 35.6 Å². The third kappa shape index (κ3) is 4.22. The zero-order valence-electron chi connectivity index (χ0n) is 21.4. The van der Waals surface area contributed by atoms with Crippen LogP contribution in [0.25, 0.3) is 11.8 Å². The van der Waals surface area contributed by atoms with E-state index in [4.69, 9.17) is 14.5 Å². The minimum absolute atomic E-state index is 0.149. The van der Waals surface area contributed by atoms with E-state index in [-0.39, 0.29) is 31.6 Å². The van der Waals surface area contributed by atoms with Crippen LogP contribution in [0.3, 0.4) is 0 Å². The molecule has 1 aliphatic heterocycles. The molecule has 6 rings (SSSR count). The molecule has 0 saturated heterocycles. The number of halogens is 1. The summed E-state index contributed by atoms with van der Waals surface area (Å²) >= 11 is 4.34. The van der Waals surface area contributed by atoms with Gasteiger partial charge in [-0.2, -0.15) is 0 Å². The van der Waals surface area contributed by atoms with Crippen molar-refractivity contribution in [2.75, 3.05) is 14.2 Å². The minimum atomic E-state index is -0.552. The highest BCUT2D eigenvalue weighted by molar-refractivity contribution is 9.10. The molecule has 0 bridgehead atoms. The predicted octanol–water partition coefficient (Wildman–Crippen LogP) is 4.71. The molecule has 1 aliphatic carbocycles. The molecule has 0 saturated carbocycles. The van der Waals surface area contributed by atoms with Crippen molar-refractivity contribution in [1.82, 2.24) is 4.57 Å². The Kier molecular flexibility index (Phi) is 6.55. The SMILES string of the molecule is COc1ccc(OC)c([C@@H]2C3=C(N=c4s/c(=C/c5cc([N+](=O)[O-])cc(Br)c5O)c(=O)n42)c2ccccc2CC3)c1. The van der Waals surface area contributed by atoms with E-state index in [1.54, 1.807) is 24.9 Å². The fourth-order valence-electron chi connectivity index (χ4n) is 5.31. The normalized spacial score (nSPS) is 16.1. The van der Waals surface area contributed by atoms with E-state index in [1.165, 1.54) is 23.8 Å². The first-order chi connectivity index (χ1) is 19.3. The molecule has 1 aromatic heterocycles. The van der Waals surface area contributed by atoms with Crippen LogP contribution in [-0.4, -0.2) is 28.8 Å². The largest absolute Gasteiger partial charge is 0.506 e. The Morgan fingerprint density at radius 1 is 1.15 bits per heavy atom. The average molecular weight is 620 g/mol. The molecule has 1 N–H and O–H groups in total. The number of benzene rings is 3. The van der Waals surface area contributed by atoms with E-state index in [0.717, 1.165) is 40.2 Å². The number of nitro groups is 1. The van der Waals surface area contributed by atoms with E-state index < -0.39 is 11.0 Å². The molecule has 2 heterocycles. The number of fused-ring (bicyclic) bond motifs is 3. The second-order valence-corrected chi connectivity index (χ2v) is 11.2. The van der Waals surface area contributed by atoms with Crippen LogP contribution < -0.4 is 24.4 Å². The van der Waals surface area contributed by atoms with Gasteiger partial charge in [0.2, 0.25) is 0 Å². The Balaban J connectivity index is 1.66. The molecule has 4 aromatic rings. The van der Waals surface area contributed by atoms with Gasteiger partial charge in [-0.25, -0.2) is 4.99 Å². The second-order valence-electron chi connectivity index (χ2n) is 9.34. The number of aryl methyl sites for hydroxylation is 1. The number of methoxy groups -OCH3 is 2. The lowest BCUT2D eigenvalue weighted by atomic mass is 9.83. The summed E-state index contributed by atoms with van der Waals surface area (Å²) in [4.78, 5) is 30.4. The van der Waals surface area contributed by atoms with Crippen LogP contribution in [-0.2, 0) is 6.42 Å². The maximum atomic E-state index is 14.1. The van der Waals surface area contributed by atoms with Gasteiger partial charge in [0.25, 0.3) is 11.2 Å². The number of hydrogen-bond acceptors (Lipinski definition) is 8. The van der Waals surface area contributed by atoms with Gasteiger partial charge in [-0.05, 0) is 64.2 Å². The van der Waals surface area contributed by atoms with Gasteiger partial charge in [0.1, 0.15) is 17.2 Å². The number of ether oxygens (including phenoxy) is 2. The van der Waals surface area contributed by atoms with Crippen molar-refractivity contribution < 1.29 is 19.5 Å². The summed E-state index contributed by atoms with van der Waals surface area (Å²) in [6, 6.07) is 15.6. The van der Waals surface area contributed by atoms with Crippen molar-refractivity contribution in [2.24, 2.45) is 4.99 Å². The van der Waals surface area contributed by atoms with Crippen LogP contribution in [0.1, 0.15) is 34.7 Å². The summed E-state index contributed by atoms with van der Waals surface area (Å²) in [5.74, 6) is 1.03. The number of nitro benzene ring substituents is 1. The van der Waals surface area contributed by atoms with E-state index in [9.17, 15) is 20.0 Å². The summed E-state index contributed by atoms with van der Waals surface area (Å²) < 4.78 is 13.3. The Bertz CT molecular complexity index is 1930. The molecular weight excluding hydrogens is 598 g/mol. The maximum absolute atomic E-state index is 14.1. The number of thiazole rings is 1. The maximum Gasteiger partial charge on any atom is 0.271 e. The van der Waals surface area contributed by atoms with Crippen LogP contribution in [0.4, 0.5) is 5.69 Å². The Morgan fingerprint density at radius 3 is 2.70 bits per heavy atom. The molecule has 3 aromatic carbocycles. The van der Waals surface area contributed by atoms with E-state index in [1.807, 2.05) is 30.3 Å². The monoisotopic (exact) mass is 619 g/mol. The third-order valence-corrected chi connectivity index (χ3v) is 8.77. The molecule has 40 heavy (non-hydrogen) atoms. The zero-order valence-corrected chi connectivity index (χ0v) is 23.8. The molecule has 2 aliphatic rings. The van der Waals surface area contributed by atoms with Crippen molar-refractivity contribution in [2.45, 2.75) is 18.9 Å². The predicted molar refractivity (Wildman–Crippen MR) is 155 cm³/mol. The molecule has 0 fully saturated rings. The zero-order chi connectivity index (χ0) is 28.1. The molecule has 0 amide bonds. The number of aromatic nitrogens is 1. The second kappa shape index (κ2) is 10.1. The van der Waals surface area contributed by atoms with Crippen molar-refractivity contribution >= 4 is 44.7 Å². The fraction of sp³-hybridized carbons (Fsp3) is 0.172. The number of rotatable bonds is 5. The molecule has 0 radical (unpaired) electrons. The number of phenols is 1. The number of nitrogens with zero attached hydrogens (tertiary/aromatic N) is 3. The summed E-state index contributed by atoms with van der Waals surface area (Å²) in [6.45, 7) is 0. The van der Waals surface area contributed by atoms with Gasteiger partial charge in [-0.15, -0.1) is 0 Å². The van der Waals surface area contributed by atoms with Crippen molar-refractivity contribution in [1.29, 1.82) is 0 Å². The van der Waals surface area contributed by atoms with Gasteiger partial charge in [-0.3, -0.25) is 19.5 Å². The lowest BCUT2D eigenvalue weighted by Gasteiger charge is -2.31. The van der Waals surface area contributed by atoms with Gasteiger partial charge < -0.3 is 14.6 Å². The van der Waals surface area contributed by atoms with Gasteiger partial charge in [0.15, 0.2) is 4.80 Å². The standard InChI is InChI=1S/C29H22BrN3O6S/c1-38-18-8-10-23(39-2)21(14-18)26-20-9-7-15-5-3-4-6-19(15)25(20)31-29-32(26)28(35)24(40-29)12-16-11-17(33(36)37)13-22(30)27(16)34/h3-6,8,10-14,26,34H,7,9H2,1-2H3/b24-12+/t26-/m0/s1. The Labute approximate surface area is 240 Å². The quantitative estimate of drug-likeness (QED) is 0.255. The van der Waals surface area contributed by atoms with E-state index >= 15 is 0 Å². The van der Waals surface area contributed by atoms with Gasteiger partial charge in [0.05, 0.1) is 39.9 Å². The highest BCUT2D eigenvalue weighted by Gasteiger charge is 2.34. The topological polar surface area (TPSA) is 116 Å². The van der Waals surface area contributed by atoms with Crippen LogP contribution in [0.2, 0.25) is 0 Å². The Morgan fingerprint density at radius 2 is 1.95 bits per heavy atom. The smallest absolute Gasteiger partial charge is 0.271 e. The summed E-state index contributed by atoms with van der Waals surface area (Å²) in [6.07, 6.45) is 2.96. The molecule has 0 unspecified atom stereocenters. The lowest BCUT2D eigenvalue weighted by molar-refractivity contribution is -0.385. The van der Waals surface area contributed by atoms with Crippen LogP contribution in [0, 0.1) is 10.1 Å². The van der Waals surface area contributed by atoms with Gasteiger partial charge in [0, 0.05) is 28.8 Å². The summed E-state index contributed by atoms with van der Waals surface area (Å²) in [7, 11) is 3.17. The van der Waals surface area contributed by atoms with Crippen molar-refractivity contribution in [3.05, 3.63) is 117 Å². The number of allylic oxidation sites excluding steroid dienone is 1. The van der Waals surface area contributed by atoms with Crippen molar-refractivity contribution in [3.8, 4) is 17.2 Å². The average Bonchev–Trinajstić information content (AvgIpc) is 3.27. The first-order valence-electron chi connectivity index (χ1n) is 12.3. The molecule has 202 valence electrons. The molecular formula is C29H22BrN3O6S. The van der Waals surface area contributed by atoms with Crippen LogP contribution >= 0.6 is 27.3 Å². The lowest BCUT2D eigenvalue weighted by Crippen LogP contribution is -2.39. The fourth-order valence-corrected chi connectivity index (χ4v) is 6.77. The van der Waals surface area contributed by atoms with E-state index in [2.05, 4.69) is 22.0 Å². The summed E-state index contributed by atoms with van der Waals surface area (Å²) in [5, 5.41) is 22.1. The Hall–Kier alpha value is -4.22. The van der Waals surface area contributed by atoms with E-state index in [0.29, 0.717) is 22.7 Å². The molecule has 0 spiro atoms. The molecule has 11 heteroatoms. The number of aromatic hydroxyl groups is 1. The molecule has 9 nitrogen and oxygen atoms in total. The highest BCUT2D eigenvalue weighted by atomic mass is 79.9. The molecule has 1 atom stereocenters. The van der Waals surface area contributed by atoms with Crippen molar-refractivity contribution in [3.63, 3.8) is 0 Å². The van der Waals surface area contributed by atoms with Crippen LogP contribution in [0.15, 0.2) is 74.4 Å². The minimum Gasteiger partial charge on any atom is -0.506 e. The highest BCUT2D eigenvalue weighted by Crippen LogP contribution is 2.44. The first-order valence-corrected chi connectivity index (χ1v) is 13.9. The number of hydrogen-bond donors (Lipinski definition) is 1. The van der Waals surface area contributed by atoms with Gasteiger partial charge >= 0.3 is 0 Å². The number of non-ortho nitro benzene ring substituents is 1.